The Morgan fingerprint density at radius 1 is 1.09 bits per heavy atom. The van der Waals surface area contributed by atoms with Gasteiger partial charge in [0.25, 0.3) is 5.91 Å². The van der Waals surface area contributed by atoms with Gasteiger partial charge in [-0.15, -0.1) is 16.4 Å². The molecule has 1 unspecified atom stereocenters. The lowest BCUT2D eigenvalue weighted by Crippen LogP contribution is -2.51. The zero-order valence-electron chi connectivity index (χ0n) is 17.9. The third kappa shape index (κ3) is 4.18. The molecule has 1 aromatic carbocycles. The van der Waals surface area contributed by atoms with Crippen LogP contribution in [0.5, 0.6) is 0 Å². The number of ether oxygens (including phenoxy) is 1. The van der Waals surface area contributed by atoms with Gasteiger partial charge in [0.05, 0.1) is 25.3 Å². The molecule has 2 aromatic heterocycles. The Morgan fingerprint density at radius 2 is 1.84 bits per heavy atom. The van der Waals surface area contributed by atoms with Crippen LogP contribution in [0.15, 0.2) is 41.8 Å². The molecule has 9 heteroatoms. The van der Waals surface area contributed by atoms with Gasteiger partial charge >= 0.3 is 0 Å². The quantitative estimate of drug-likeness (QED) is 0.609. The summed E-state index contributed by atoms with van der Waals surface area (Å²) < 4.78 is 7.82. The molecular formula is C23H25N5O3S. The third-order valence-electron chi connectivity index (χ3n) is 6.07. The predicted octanol–water partition coefficient (Wildman–Crippen LogP) is 2.45. The number of fused-ring (bicyclic) bond motifs is 1. The minimum absolute atomic E-state index is 0.106. The van der Waals surface area contributed by atoms with Crippen LogP contribution in [0, 0.1) is 6.92 Å². The van der Waals surface area contributed by atoms with E-state index in [-0.39, 0.29) is 17.9 Å². The summed E-state index contributed by atoms with van der Waals surface area (Å²) in [6, 6.07) is 12.2. The number of hydrogen-bond acceptors (Lipinski definition) is 6. The summed E-state index contributed by atoms with van der Waals surface area (Å²) in [5.41, 5.74) is 3.36. The summed E-state index contributed by atoms with van der Waals surface area (Å²) in [5.74, 6) is -0.0369. The minimum atomic E-state index is -0.144. The van der Waals surface area contributed by atoms with Gasteiger partial charge in [-0.05, 0) is 23.9 Å². The fourth-order valence-corrected chi connectivity index (χ4v) is 4.84. The molecule has 2 aliphatic rings. The molecule has 0 N–H and O–H groups in total. The second kappa shape index (κ2) is 8.84. The van der Waals surface area contributed by atoms with E-state index >= 15 is 0 Å². The highest BCUT2D eigenvalue weighted by Gasteiger charge is 2.32. The molecule has 4 heterocycles. The second-order valence-corrected chi connectivity index (χ2v) is 9.24. The minimum Gasteiger partial charge on any atom is -0.365 e. The summed E-state index contributed by atoms with van der Waals surface area (Å²) >= 11 is 1.59. The molecule has 0 spiro atoms. The van der Waals surface area contributed by atoms with E-state index in [1.54, 1.807) is 20.9 Å². The molecule has 32 heavy (non-hydrogen) atoms. The van der Waals surface area contributed by atoms with Crippen molar-refractivity contribution >= 4 is 23.2 Å². The number of thiophene rings is 1. The Hall–Kier alpha value is -3.04. The summed E-state index contributed by atoms with van der Waals surface area (Å²) in [4.78, 5) is 30.3. The summed E-state index contributed by atoms with van der Waals surface area (Å²) in [6.45, 7) is 4.94. The van der Waals surface area contributed by atoms with Crippen molar-refractivity contribution < 1.29 is 14.3 Å². The van der Waals surface area contributed by atoms with Crippen molar-refractivity contribution in [3.05, 3.63) is 69.2 Å². The van der Waals surface area contributed by atoms with E-state index in [4.69, 9.17) is 4.74 Å². The molecule has 2 aliphatic heterocycles. The fraction of sp³-hybridized carbons (Fsp3) is 0.391. The average molecular weight is 452 g/mol. The Bertz CT molecular complexity index is 1100. The predicted molar refractivity (Wildman–Crippen MR) is 119 cm³/mol. The Kier molecular flexibility index (Phi) is 5.75. The van der Waals surface area contributed by atoms with E-state index in [1.165, 1.54) is 5.56 Å². The van der Waals surface area contributed by atoms with Crippen molar-refractivity contribution in [1.29, 1.82) is 0 Å². The molecule has 1 saturated heterocycles. The summed E-state index contributed by atoms with van der Waals surface area (Å²) in [6.07, 6.45) is 0.314. The molecule has 0 saturated carbocycles. The standard InChI is InChI=1S/C23H25N5O3S/c1-16-4-6-17(7-5-16)20-14-28-19(15-31-20)22(24-25-28)23(30)27-10-8-26(9-11-27)21(29)13-18-3-2-12-32-18/h2-7,12,20H,8-11,13-15H2,1H3. The molecule has 0 radical (unpaired) electrons. The van der Waals surface area contributed by atoms with Gasteiger partial charge in [-0.1, -0.05) is 41.1 Å². The molecule has 166 valence electrons. The van der Waals surface area contributed by atoms with Crippen molar-refractivity contribution in [3.8, 4) is 0 Å². The van der Waals surface area contributed by atoms with Crippen molar-refractivity contribution in [2.24, 2.45) is 0 Å². The van der Waals surface area contributed by atoms with Gasteiger partial charge in [0.1, 0.15) is 6.10 Å². The lowest BCUT2D eigenvalue weighted by atomic mass is 10.1. The maximum atomic E-state index is 13.1. The maximum Gasteiger partial charge on any atom is 0.276 e. The number of hydrogen-bond donors (Lipinski definition) is 0. The SMILES string of the molecule is Cc1ccc(C2Cn3nnc(C(=O)N4CCN(C(=O)Cc5cccs5)CC4)c3CO2)cc1. The van der Waals surface area contributed by atoms with E-state index in [9.17, 15) is 9.59 Å². The zero-order chi connectivity index (χ0) is 22.1. The Labute approximate surface area is 190 Å². The fourth-order valence-electron chi connectivity index (χ4n) is 4.14. The van der Waals surface area contributed by atoms with Gasteiger partial charge in [0.2, 0.25) is 5.91 Å². The maximum absolute atomic E-state index is 13.1. The normalized spacial score (nSPS) is 18.5. The van der Waals surface area contributed by atoms with Gasteiger partial charge < -0.3 is 14.5 Å². The van der Waals surface area contributed by atoms with Gasteiger partial charge in [-0.3, -0.25) is 9.59 Å². The van der Waals surface area contributed by atoms with Crippen molar-refractivity contribution in [2.45, 2.75) is 32.6 Å². The number of carbonyl (C=O) groups excluding carboxylic acids is 2. The number of amides is 2. The highest BCUT2D eigenvalue weighted by atomic mass is 32.1. The number of piperazine rings is 1. The van der Waals surface area contributed by atoms with E-state index < -0.39 is 0 Å². The van der Waals surface area contributed by atoms with E-state index in [0.717, 1.165) is 16.1 Å². The van der Waals surface area contributed by atoms with Crippen LogP contribution in [-0.2, 0) is 29.1 Å². The topological polar surface area (TPSA) is 80.6 Å². The first-order valence-electron chi connectivity index (χ1n) is 10.8. The number of aromatic nitrogens is 3. The largest absolute Gasteiger partial charge is 0.365 e. The smallest absolute Gasteiger partial charge is 0.276 e. The number of nitrogens with zero attached hydrogens (tertiary/aromatic N) is 5. The molecule has 2 amide bonds. The lowest BCUT2D eigenvalue weighted by Gasteiger charge is -2.34. The first-order valence-corrected chi connectivity index (χ1v) is 11.7. The van der Waals surface area contributed by atoms with Crippen molar-refractivity contribution in [3.63, 3.8) is 0 Å². The van der Waals surface area contributed by atoms with Crippen LogP contribution in [0.2, 0.25) is 0 Å². The highest BCUT2D eigenvalue weighted by molar-refractivity contribution is 7.10. The molecular weight excluding hydrogens is 426 g/mol. The van der Waals surface area contributed by atoms with Crippen LogP contribution < -0.4 is 0 Å². The lowest BCUT2D eigenvalue weighted by molar-refractivity contribution is -0.131. The van der Waals surface area contributed by atoms with Crippen LogP contribution in [0.25, 0.3) is 0 Å². The molecule has 1 fully saturated rings. The third-order valence-corrected chi connectivity index (χ3v) is 6.95. The second-order valence-electron chi connectivity index (χ2n) is 8.21. The number of benzene rings is 1. The molecule has 1 atom stereocenters. The summed E-state index contributed by atoms with van der Waals surface area (Å²) in [7, 11) is 0. The van der Waals surface area contributed by atoms with E-state index in [1.807, 2.05) is 22.4 Å². The van der Waals surface area contributed by atoms with Gasteiger partial charge in [0.15, 0.2) is 5.69 Å². The Balaban J connectivity index is 1.20. The van der Waals surface area contributed by atoms with Crippen molar-refractivity contribution in [1.82, 2.24) is 24.8 Å². The average Bonchev–Trinajstić information content (AvgIpc) is 3.48. The monoisotopic (exact) mass is 451 g/mol. The first kappa shape index (κ1) is 20.8. The highest BCUT2D eigenvalue weighted by Crippen LogP contribution is 2.27. The summed E-state index contributed by atoms with van der Waals surface area (Å²) in [5, 5.41) is 10.4. The van der Waals surface area contributed by atoms with Crippen LogP contribution in [0.4, 0.5) is 0 Å². The Morgan fingerprint density at radius 3 is 2.56 bits per heavy atom. The van der Waals surface area contributed by atoms with E-state index in [2.05, 4.69) is 41.5 Å². The van der Waals surface area contributed by atoms with Gasteiger partial charge in [-0.25, -0.2) is 4.68 Å². The van der Waals surface area contributed by atoms with Crippen LogP contribution in [0.3, 0.4) is 0 Å². The number of carbonyl (C=O) groups is 2. The van der Waals surface area contributed by atoms with Gasteiger partial charge in [0, 0.05) is 31.1 Å². The van der Waals surface area contributed by atoms with Gasteiger partial charge in [-0.2, -0.15) is 0 Å². The molecule has 0 aliphatic carbocycles. The molecule has 3 aromatic rings. The molecule has 0 bridgehead atoms. The first-order chi connectivity index (χ1) is 15.6. The molecule has 5 rings (SSSR count). The van der Waals surface area contributed by atoms with Crippen molar-refractivity contribution in [2.75, 3.05) is 26.2 Å². The number of rotatable bonds is 4. The number of aryl methyl sites for hydroxylation is 1. The van der Waals surface area contributed by atoms with Crippen LogP contribution in [-0.4, -0.2) is 62.8 Å². The van der Waals surface area contributed by atoms with E-state index in [0.29, 0.717) is 51.4 Å². The van der Waals surface area contributed by atoms with Crippen LogP contribution in [0.1, 0.15) is 38.3 Å². The zero-order valence-corrected chi connectivity index (χ0v) is 18.8. The molecule has 8 nitrogen and oxygen atoms in total. The van der Waals surface area contributed by atoms with Crippen LogP contribution >= 0.6 is 11.3 Å².